The molecule has 2 nitrogen and oxygen atoms in total. The third kappa shape index (κ3) is 12.0. The van der Waals surface area contributed by atoms with Crippen LogP contribution in [0.1, 0.15) is 20.8 Å². The van der Waals surface area contributed by atoms with Gasteiger partial charge in [0.25, 0.3) is 0 Å². The van der Waals surface area contributed by atoms with Gasteiger partial charge in [0.15, 0.2) is 0 Å². The first kappa shape index (κ1) is 13.8. The number of hydrogen-bond acceptors (Lipinski definition) is 1. The van der Waals surface area contributed by atoms with E-state index in [1.165, 1.54) is 14.0 Å². The third-order valence-electron chi connectivity index (χ3n) is 0.880. The number of aliphatic imine (C=N–C) groups is 1. The fourth-order valence-electron chi connectivity index (χ4n) is 0.307. The second-order valence-electron chi connectivity index (χ2n) is 1.78. The molecule has 0 fully saturated rings. The molecular weight excluding hydrogens is 169 g/mol. The van der Waals surface area contributed by atoms with E-state index in [1.54, 1.807) is 0 Å². The van der Waals surface area contributed by atoms with Crippen LogP contribution in [-0.4, -0.2) is 25.6 Å². The lowest BCUT2D eigenvalue weighted by Crippen LogP contribution is -2.32. The zero-order chi connectivity index (χ0) is 10.2. The highest BCUT2D eigenvalue weighted by atomic mass is 19.4. The number of nitrogens with one attached hydrogen (secondary N) is 1. The minimum Gasteiger partial charge on any atom is -0.365 e. The Morgan fingerprint density at radius 2 is 1.75 bits per heavy atom. The van der Waals surface area contributed by atoms with Gasteiger partial charge < -0.3 is 5.32 Å². The van der Waals surface area contributed by atoms with E-state index in [0.29, 0.717) is 0 Å². The highest BCUT2D eigenvalue weighted by molar-refractivity contribution is 5.79. The number of alkyl halides is 3. The van der Waals surface area contributed by atoms with Gasteiger partial charge in [0, 0.05) is 7.05 Å². The predicted molar refractivity (Wildman–Crippen MR) is 44.4 cm³/mol. The SMILES string of the molecule is CC.CN=C(C)NCC(F)(F)F. The molecule has 0 bridgehead atoms. The maximum Gasteiger partial charge on any atom is 0.405 e. The third-order valence-corrected chi connectivity index (χ3v) is 0.880. The Bertz CT molecular complexity index is 129. The lowest BCUT2D eigenvalue weighted by atomic mass is 10.5. The minimum atomic E-state index is -4.16. The van der Waals surface area contributed by atoms with Crippen molar-refractivity contribution in [2.24, 2.45) is 4.99 Å². The van der Waals surface area contributed by atoms with Gasteiger partial charge in [0.1, 0.15) is 6.54 Å². The molecular formula is C7H15F3N2. The minimum absolute atomic E-state index is 0.289. The normalized spacial score (nSPS) is 11.8. The summed E-state index contributed by atoms with van der Waals surface area (Å²) in [5, 5.41) is 2.10. The largest absolute Gasteiger partial charge is 0.405 e. The monoisotopic (exact) mass is 184 g/mol. The van der Waals surface area contributed by atoms with E-state index in [2.05, 4.69) is 10.3 Å². The van der Waals surface area contributed by atoms with E-state index in [-0.39, 0.29) is 5.84 Å². The molecule has 0 aromatic carbocycles. The Kier molecular flexibility index (Phi) is 7.99. The molecule has 74 valence electrons. The van der Waals surface area contributed by atoms with Crippen LogP contribution >= 0.6 is 0 Å². The number of amidine groups is 1. The average Bonchev–Trinajstić information content (AvgIpc) is 2.03. The van der Waals surface area contributed by atoms with Crippen LogP contribution in [-0.2, 0) is 0 Å². The van der Waals surface area contributed by atoms with E-state index >= 15 is 0 Å². The van der Waals surface area contributed by atoms with Gasteiger partial charge in [-0.15, -0.1) is 0 Å². The molecule has 0 aliphatic heterocycles. The topological polar surface area (TPSA) is 24.4 Å². The van der Waals surface area contributed by atoms with Crippen molar-refractivity contribution in [3.05, 3.63) is 0 Å². The zero-order valence-electron chi connectivity index (χ0n) is 7.79. The lowest BCUT2D eigenvalue weighted by molar-refractivity contribution is -0.122. The van der Waals surface area contributed by atoms with Gasteiger partial charge in [0.05, 0.1) is 5.84 Å². The molecule has 0 heterocycles. The number of hydrogen-bond donors (Lipinski definition) is 1. The molecule has 0 atom stereocenters. The van der Waals surface area contributed by atoms with Gasteiger partial charge in [-0.25, -0.2) is 0 Å². The highest BCUT2D eigenvalue weighted by Gasteiger charge is 2.26. The van der Waals surface area contributed by atoms with E-state index in [9.17, 15) is 13.2 Å². The molecule has 0 saturated carbocycles. The Morgan fingerprint density at radius 3 is 2.00 bits per heavy atom. The Balaban J connectivity index is 0. The Hall–Kier alpha value is -0.740. The fourth-order valence-corrected chi connectivity index (χ4v) is 0.307. The molecule has 12 heavy (non-hydrogen) atoms. The van der Waals surface area contributed by atoms with Gasteiger partial charge >= 0.3 is 6.18 Å². The molecule has 0 unspecified atom stereocenters. The van der Waals surface area contributed by atoms with Crippen molar-refractivity contribution in [1.29, 1.82) is 0 Å². The molecule has 1 N–H and O–H groups in total. The summed E-state index contributed by atoms with van der Waals surface area (Å²) < 4.78 is 34.3. The van der Waals surface area contributed by atoms with E-state index in [0.717, 1.165) is 0 Å². The molecule has 0 aromatic rings. The first-order chi connectivity index (χ1) is 5.45. The second kappa shape index (κ2) is 6.94. The molecule has 0 saturated heterocycles. The maximum atomic E-state index is 11.4. The maximum absolute atomic E-state index is 11.4. The van der Waals surface area contributed by atoms with Crippen molar-refractivity contribution in [1.82, 2.24) is 5.32 Å². The van der Waals surface area contributed by atoms with Crippen LogP contribution < -0.4 is 5.32 Å². The van der Waals surface area contributed by atoms with Crippen molar-refractivity contribution >= 4 is 5.84 Å². The smallest absolute Gasteiger partial charge is 0.365 e. The van der Waals surface area contributed by atoms with Crippen molar-refractivity contribution in [2.45, 2.75) is 26.9 Å². The van der Waals surface area contributed by atoms with E-state index in [4.69, 9.17) is 0 Å². The second-order valence-corrected chi connectivity index (χ2v) is 1.78. The molecule has 0 rings (SSSR count). The standard InChI is InChI=1S/C5H9F3N2.C2H6/c1-4(9-2)10-3-5(6,7)8;1-2/h3H2,1-2H3,(H,9,10);1-2H3. The van der Waals surface area contributed by atoms with Gasteiger partial charge in [0.2, 0.25) is 0 Å². The number of nitrogens with zero attached hydrogens (tertiary/aromatic N) is 1. The molecule has 0 aromatic heterocycles. The summed E-state index contributed by atoms with van der Waals surface area (Å²) in [4.78, 5) is 3.50. The lowest BCUT2D eigenvalue weighted by Gasteiger charge is -2.07. The van der Waals surface area contributed by atoms with Gasteiger partial charge in [-0.2, -0.15) is 13.2 Å². The predicted octanol–water partition coefficient (Wildman–Crippen LogP) is 2.21. The van der Waals surface area contributed by atoms with Gasteiger partial charge in [-0.05, 0) is 6.92 Å². The molecule has 0 amide bonds. The Labute approximate surface area is 70.9 Å². The van der Waals surface area contributed by atoms with Crippen LogP contribution in [0, 0.1) is 0 Å². The summed E-state index contributed by atoms with van der Waals surface area (Å²) in [5.41, 5.74) is 0. The summed E-state index contributed by atoms with van der Waals surface area (Å²) in [6.07, 6.45) is -4.16. The van der Waals surface area contributed by atoms with Crippen molar-refractivity contribution in [3.63, 3.8) is 0 Å². The van der Waals surface area contributed by atoms with Crippen molar-refractivity contribution in [3.8, 4) is 0 Å². The van der Waals surface area contributed by atoms with Crippen molar-refractivity contribution in [2.75, 3.05) is 13.6 Å². The zero-order valence-corrected chi connectivity index (χ0v) is 7.79. The Morgan fingerprint density at radius 1 is 1.33 bits per heavy atom. The van der Waals surface area contributed by atoms with Crippen LogP contribution in [0.3, 0.4) is 0 Å². The molecule has 0 aliphatic rings. The summed E-state index contributed by atoms with van der Waals surface area (Å²) in [5.74, 6) is 0.289. The van der Waals surface area contributed by atoms with Gasteiger partial charge in [-0.1, -0.05) is 13.8 Å². The number of halogens is 3. The summed E-state index contributed by atoms with van der Waals surface area (Å²) >= 11 is 0. The van der Waals surface area contributed by atoms with Crippen molar-refractivity contribution < 1.29 is 13.2 Å². The highest BCUT2D eigenvalue weighted by Crippen LogP contribution is 2.11. The first-order valence-electron chi connectivity index (χ1n) is 3.69. The van der Waals surface area contributed by atoms with E-state index < -0.39 is 12.7 Å². The summed E-state index contributed by atoms with van der Waals surface area (Å²) in [6.45, 7) is 4.46. The summed E-state index contributed by atoms with van der Waals surface area (Å²) in [6, 6.07) is 0. The van der Waals surface area contributed by atoms with Crippen LogP contribution in [0.25, 0.3) is 0 Å². The molecule has 0 spiro atoms. The van der Waals surface area contributed by atoms with Crippen LogP contribution in [0.4, 0.5) is 13.2 Å². The fraction of sp³-hybridized carbons (Fsp3) is 0.857. The summed E-state index contributed by atoms with van der Waals surface area (Å²) in [7, 11) is 1.43. The molecule has 0 radical (unpaired) electrons. The van der Waals surface area contributed by atoms with Gasteiger partial charge in [-0.3, -0.25) is 4.99 Å². The molecule has 0 aliphatic carbocycles. The first-order valence-corrected chi connectivity index (χ1v) is 3.69. The van der Waals surface area contributed by atoms with Crippen LogP contribution in [0.2, 0.25) is 0 Å². The quantitative estimate of drug-likeness (QED) is 0.490. The average molecular weight is 184 g/mol. The number of rotatable bonds is 1. The van der Waals surface area contributed by atoms with E-state index in [1.807, 2.05) is 13.8 Å². The van der Waals surface area contributed by atoms with Crippen LogP contribution in [0.15, 0.2) is 4.99 Å². The molecule has 5 heteroatoms. The van der Waals surface area contributed by atoms with Crippen LogP contribution in [0.5, 0.6) is 0 Å².